The van der Waals surface area contributed by atoms with Gasteiger partial charge >= 0.3 is 11.9 Å². The molecule has 2 N–H and O–H groups in total. The van der Waals surface area contributed by atoms with Gasteiger partial charge in [0.15, 0.2) is 5.79 Å². The zero-order valence-corrected chi connectivity index (χ0v) is 25.6. The number of ether oxygens (including phenoxy) is 2. The number of benzene rings is 2. The number of esters is 2. The summed E-state index contributed by atoms with van der Waals surface area (Å²) in [7, 11) is 0. The molecule has 230 valence electrons. The zero-order valence-electron chi connectivity index (χ0n) is 25.6. The van der Waals surface area contributed by atoms with Crippen molar-refractivity contribution < 1.29 is 29.3 Å². The summed E-state index contributed by atoms with van der Waals surface area (Å²) in [5.74, 6) is -2.61. The lowest BCUT2D eigenvalue weighted by molar-refractivity contribution is -0.105. The number of carbonyl (C=O) groups excluding carboxylic acids is 2. The fraction of sp³-hybridized carbons (Fsp3) is 0.500. The minimum Gasteiger partial charge on any atom is -0.462 e. The minimum absolute atomic E-state index is 0.244. The maximum atomic E-state index is 12.4. The highest BCUT2D eigenvalue weighted by atomic mass is 16.5. The molecule has 0 fully saturated rings. The molecular weight excluding hydrogens is 528 g/mol. The molecule has 0 unspecified atom stereocenters. The van der Waals surface area contributed by atoms with Gasteiger partial charge in [0.05, 0.1) is 24.3 Å². The molecule has 2 aromatic rings. The maximum Gasteiger partial charge on any atom is 0.339 e. The molecule has 1 aliphatic rings. The Bertz CT molecular complexity index is 1050. The third-order valence-corrected chi connectivity index (χ3v) is 7.15. The first-order valence-electron chi connectivity index (χ1n) is 15.7. The zero-order chi connectivity index (χ0) is 30.5. The Kier molecular flexibility index (Phi) is 17.2. The normalized spacial score (nSPS) is 13.5. The van der Waals surface area contributed by atoms with Gasteiger partial charge in [0.25, 0.3) is 0 Å². The van der Waals surface area contributed by atoms with Crippen molar-refractivity contribution in [2.45, 2.75) is 103 Å². The van der Waals surface area contributed by atoms with E-state index in [0.717, 1.165) is 31.2 Å². The van der Waals surface area contributed by atoms with E-state index in [-0.39, 0.29) is 6.42 Å². The summed E-state index contributed by atoms with van der Waals surface area (Å²) in [4.78, 5) is 24.7. The average molecular weight is 579 g/mol. The summed E-state index contributed by atoms with van der Waals surface area (Å²) in [5.41, 5.74) is 1.99. The second-order valence-electron chi connectivity index (χ2n) is 10.7. The minimum atomic E-state index is -1.73. The molecule has 3 rings (SSSR count). The third-order valence-electron chi connectivity index (χ3n) is 7.15. The SMILES string of the molecule is CCCCCCCCOC(=O)c1ccccc1C(=O)OCCCCCCCC.OC1(O)CC=CC=C1c1ccccc1. The highest BCUT2D eigenvalue weighted by Crippen LogP contribution is 2.30. The van der Waals surface area contributed by atoms with Crippen LogP contribution in [0.25, 0.3) is 5.57 Å². The van der Waals surface area contributed by atoms with Crippen LogP contribution < -0.4 is 0 Å². The smallest absolute Gasteiger partial charge is 0.339 e. The molecule has 0 saturated carbocycles. The lowest BCUT2D eigenvalue weighted by atomic mass is 9.92. The van der Waals surface area contributed by atoms with Gasteiger partial charge in [-0.1, -0.05) is 139 Å². The molecule has 6 heteroatoms. The van der Waals surface area contributed by atoms with E-state index < -0.39 is 17.7 Å². The first kappa shape index (κ1) is 35.0. The van der Waals surface area contributed by atoms with Crippen molar-refractivity contribution in [3.05, 3.63) is 89.5 Å². The molecule has 0 aliphatic heterocycles. The molecule has 6 nitrogen and oxygen atoms in total. The number of hydrogen-bond donors (Lipinski definition) is 2. The monoisotopic (exact) mass is 578 g/mol. The van der Waals surface area contributed by atoms with Crippen LogP contribution in [0.3, 0.4) is 0 Å². The topological polar surface area (TPSA) is 93.1 Å². The van der Waals surface area contributed by atoms with Crippen molar-refractivity contribution >= 4 is 17.5 Å². The summed E-state index contributed by atoms with van der Waals surface area (Å²) in [6.07, 6.45) is 19.2. The molecule has 0 atom stereocenters. The number of unbranched alkanes of at least 4 members (excludes halogenated alkanes) is 10. The Morgan fingerprint density at radius 1 is 0.667 bits per heavy atom. The van der Waals surface area contributed by atoms with Gasteiger partial charge in [0.1, 0.15) is 0 Å². The van der Waals surface area contributed by atoms with Crippen molar-refractivity contribution in [1.82, 2.24) is 0 Å². The van der Waals surface area contributed by atoms with Gasteiger partial charge in [-0.2, -0.15) is 0 Å². The van der Waals surface area contributed by atoms with E-state index in [0.29, 0.717) is 29.9 Å². The molecule has 1 aliphatic carbocycles. The molecule has 0 radical (unpaired) electrons. The Balaban J connectivity index is 0.000000363. The standard InChI is InChI=1S/C24H38O4.C12H12O2/c1-3-5-7-9-11-15-19-27-23(25)21-17-13-14-18-22(21)24(26)28-20-16-12-10-8-6-4-2;13-12(14)9-5-4-8-11(12)10-6-2-1-3-7-10/h13-14,17-18H,3-12,15-16,19-20H2,1-2H3;1-8,13-14H,9H2. The Labute approximate surface area is 252 Å². The van der Waals surface area contributed by atoms with E-state index in [2.05, 4.69) is 13.8 Å². The van der Waals surface area contributed by atoms with E-state index in [1.54, 1.807) is 36.4 Å². The van der Waals surface area contributed by atoms with E-state index in [9.17, 15) is 19.8 Å². The maximum absolute atomic E-state index is 12.4. The molecular formula is C36H50O6. The van der Waals surface area contributed by atoms with Crippen molar-refractivity contribution in [2.24, 2.45) is 0 Å². The van der Waals surface area contributed by atoms with E-state index in [1.807, 2.05) is 36.4 Å². The molecule has 2 aromatic carbocycles. The molecule has 0 amide bonds. The van der Waals surface area contributed by atoms with E-state index >= 15 is 0 Å². The summed E-state index contributed by atoms with van der Waals surface area (Å²) < 4.78 is 10.7. The van der Waals surface area contributed by atoms with Gasteiger partial charge in [-0.15, -0.1) is 0 Å². The van der Waals surface area contributed by atoms with Crippen molar-refractivity contribution in [3.63, 3.8) is 0 Å². The Morgan fingerprint density at radius 2 is 1.12 bits per heavy atom. The van der Waals surface area contributed by atoms with Crippen molar-refractivity contribution in [3.8, 4) is 0 Å². The summed E-state index contributed by atoms with van der Waals surface area (Å²) >= 11 is 0. The third kappa shape index (κ3) is 13.2. The van der Waals surface area contributed by atoms with Gasteiger partial charge in [-0.25, -0.2) is 9.59 Å². The fourth-order valence-electron chi connectivity index (χ4n) is 4.67. The van der Waals surface area contributed by atoms with Crippen LogP contribution in [-0.2, 0) is 9.47 Å². The molecule has 0 spiro atoms. The largest absolute Gasteiger partial charge is 0.462 e. The fourth-order valence-corrected chi connectivity index (χ4v) is 4.67. The van der Waals surface area contributed by atoms with Gasteiger partial charge in [0.2, 0.25) is 0 Å². The predicted molar refractivity (Wildman–Crippen MR) is 169 cm³/mol. The number of hydrogen-bond acceptors (Lipinski definition) is 6. The molecule has 0 heterocycles. The van der Waals surface area contributed by atoms with Crippen LogP contribution in [0.4, 0.5) is 0 Å². The lowest BCUT2D eigenvalue weighted by Crippen LogP contribution is -2.30. The average Bonchev–Trinajstić information content (AvgIpc) is 3.00. The van der Waals surface area contributed by atoms with Crippen LogP contribution in [-0.4, -0.2) is 41.2 Å². The first-order valence-corrected chi connectivity index (χ1v) is 15.7. The summed E-state index contributed by atoms with van der Waals surface area (Å²) in [6.45, 7) is 5.17. The number of rotatable bonds is 17. The van der Waals surface area contributed by atoms with Gasteiger partial charge < -0.3 is 19.7 Å². The summed E-state index contributed by atoms with van der Waals surface area (Å²) in [6, 6.07) is 16.1. The van der Waals surface area contributed by atoms with Gasteiger partial charge in [-0.3, -0.25) is 0 Å². The molecule has 0 saturated heterocycles. The van der Waals surface area contributed by atoms with E-state index in [1.165, 1.54) is 51.4 Å². The Hall–Kier alpha value is -3.22. The first-order chi connectivity index (χ1) is 20.4. The summed E-state index contributed by atoms with van der Waals surface area (Å²) in [5, 5.41) is 19.4. The second-order valence-corrected chi connectivity index (χ2v) is 10.7. The van der Waals surface area contributed by atoms with Crippen molar-refractivity contribution in [1.29, 1.82) is 0 Å². The molecule has 42 heavy (non-hydrogen) atoms. The predicted octanol–water partition coefficient (Wildman–Crippen LogP) is 8.43. The second kappa shape index (κ2) is 20.6. The highest BCUT2D eigenvalue weighted by molar-refractivity contribution is 6.03. The van der Waals surface area contributed by atoms with Crippen LogP contribution in [0.15, 0.2) is 72.8 Å². The Morgan fingerprint density at radius 3 is 1.60 bits per heavy atom. The number of allylic oxidation sites excluding steroid dienone is 2. The molecule has 0 aromatic heterocycles. The number of aliphatic hydroxyl groups is 2. The van der Waals surface area contributed by atoms with Crippen molar-refractivity contribution in [2.75, 3.05) is 13.2 Å². The van der Waals surface area contributed by atoms with Crippen LogP contribution in [0.5, 0.6) is 0 Å². The quantitative estimate of drug-likeness (QED) is 0.111. The van der Waals surface area contributed by atoms with Crippen LogP contribution in [0.2, 0.25) is 0 Å². The van der Waals surface area contributed by atoms with Crippen LogP contribution in [0.1, 0.15) is 124 Å². The van der Waals surface area contributed by atoms with Gasteiger partial charge in [-0.05, 0) is 30.5 Å². The highest BCUT2D eigenvalue weighted by Gasteiger charge is 2.29. The van der Waals surface area contributed by atoms with Crippen LogP contribution >= 0.6 is 0 Å². The van der Waals surface area contributed by atoms with E-state index in [4.69, 9.17) is 9.47 Å². The lowest BCUT2D eigenvalue weighted by Gasteiger charge is -2.26. The van der Waals surface area contributed by atoms with Crippen LogP contribution in [0, 0.1) is 0 Å². The molecule has 0 bridgehead atoms. The van der Waals surface area contributed by atoms with Gasteiger partial charge in [0, 0.05) is 12.0 Å². The number of carbonyl (C=O) groups is 2.